The lowest BCUT2D eigenvalue weighted by molar-refractivity contribution is 0.0522. The molecule has 0 bridgehead atoms. The molecule has 0 saturated heterocycles. The summed E-state index contributed by atoms with van der Waals surface area (Å²) in [7, 11) is 1.58. The lowest BCUT2D eigenvalue weighted by Gasteiger charge is -2.10. The van der Waals surface area contributed by atoms with Gasteiger partial charge in [0, 0.05) is 14.5 Å². The van der Waals surface area contributed by atoms with Gasteiger partial charge in [-0.1, -0.05) is 12.1 Å². The number of hydrogen-bond acceptors (Lipinski definition) is 5. The summed E-state index contributed by atoms with van der Waals surface area (Å²) in [6, 6.07) is 13.2. The number of halogens is 1. The molecule has 1 aromatic heterocycles. The summed E-state index contributed by atoms with van der Waals surface area (Å²) in [4.78, 5) is 21.4. The largest absolute Gasteiger partial charge is 0.497 e. The summed E-state index contributed by atoms with van der Waals surface area (Å²) in [5, 5.41) is 0.613. The van der Waals surface area contributed by atoms with Crippen molar-refractivity contribution < 1.29 is 14.3 Å². The topological polar surface area (TPSA) is 61.3 Å². The van der Waals surface area contributed by atoms with Gasteiger partial charge in [-0.2, -0.15) is 0 Å². The summed E-state index contributed by atoms with van der Waals surface area (Å²) in [5.74, 6) is 0.665. The van der Waals surface area contributed by atoms with Crippen LogP contribution in [0.4, 0.5) is 0 Å². The van der Waals surface area contributed by atoms with Crippen LogP contribution in [0.2, 0.25) is 0 Å². The Hall–Kier alpha value is -2.22. The molecule has 3 rings (SSSR count). The van der Waals surface area contributed by atoms with E-state index in [1.165, 1.54) is 0 Å². The molecule has 0 aliphatic rings. The molecule has 0 radical (unpaired) electrons. The van der Waals surface area contributed by atoms with E-state index >= 15 is 0 Å². The maximum absolute atomic E-state index is 12.4. The van der Waals surface area contributed by atoms with Gasteiger partial charge in [-0.3, -0.25) is 0 Å². The highest BCUT2D eigenvalue weighted by atomic mass is 127. The molecule has 24 heavy (non-hydrogen) atoms. The fourth-order valence-electron chi connectivity index (χ4n) is 2.35. The molecule has 0 amide bonds. The highest BCUT2D eigenvalue weighted by Gasteiger charge is 2.17. The molecule has 1 heterocycles. The van der Waals surface area contributed by atoms with Crippen LogP contribution in [-0.4, -0.2) is 29.7 Å². The number of hydrogen-bond donors (Lipinski definition) is 0. The predicted molar refractivity (Wildman–Crippen MR) is 100 cm³/mol. The van der Waals surface area contributed by atoms with Crippen LogP contribution in [0.25, 0.3) is 22.3 Å². The normalized spacial score (nSPS) is 10.6. The molecule has 0 spiro atoms. The van der Waals surface area contributed by atoms with Crippen LogP contribution >= 0.6 is 22.6 Å². The minimum Gasteiger partial charge on any atom is -0.497 e. The second kappa shape index (κ2) is 7.12. The van der Waals surface area contributed by atoms with Crippen molar-refractivity contribution in [1.82, 2.24) is 9.97 Å². The van der Waals surface area contributed by atoms with Gasteiger partial charge in [0.05, 0.1) is 19.2 Å². The average molecular weight is 434 g/mol. The standard InChI is InChI=1S/C18H15IN2O3/c1-3-24-18(22)16-14-10-13(23-2)7-8-15(14)20-17(21-16)11-5-4-6-12(19)9-11/h4-10H,3H2,1-2H3. The molecular formula is C18H15IN2O3. The Bertz CT molecular complexity index is 912. The number of carbonyl (C=O) groups excluding carboxylic acids is 1. The summed E-state index contributed by atoms with van der Waals surface area (Å²) in [5.41, 5.74) is 1.77. The fraction of sp³-hybridized carbons (Fsp3) is 0.167. The number of rotatable bonds is 4. The van der Waals surface area contributed by atoms with Crippen LogP contribution in [-0.2, 0) is 4.74 Å². The van der Waals surface area contributed by atoms with Crippen LogP contribution in [0.5, 0.6) is 5.75 Å². The van der Waals surface area contributed by atoms with Gasteiger partial charge in [-0.25, -0.2) is 14.8 Å². The minimum absolute atomic E-state index is 0.245. The van der Waals surface area contributed by atoms with Gasteiger partial charge in [0.1, 0.15) is 5.75 Å². The maximum atomic E-state index is 12.4. The lowest BCUT2D eigenvalue weighted by Crippen LogP contribution is -2.10. The number of aromatic nitrogens is 2. The Morgan fingerprint density at radius 1 is 1.17 bits per heavy atom. The van der Waals surface area contributed by atoms with Crippen LogP contribution in [0, 0.1) is 3.57 Å². The summed E-state index contributed by atoms with van der Waals surface area (Å²) in [6.07, 6.45) is 0. The van der Waals surface area contributed by atoms with E-state index in [4.69, 9.17) is 9.47 Å². The van der Waals surface area contributed by atoms with Crippen LogP contribution in [0.1, 0.15) is 17.4 Å². The third-order valence-corrected chi connectivity index (χ3v) is 4.13. The Kier molecular flexibility index (Phi) is 4.94. The molecule has 3 aromatic rings. The maximum Gasteiger partial charge on any atom is 0.357 e. The predicted octanol–water partition coefficient (Wildman–Crippen LogP) is 4.09. The summed E-state index contributed by atoms with van der Waals surface area (Å²) < 4.78 is 11.5. The Balaban J connectivity index is 2.24. The van der Waals surface area contributed by atoms with Gasteiger partial charge in [-0.05, 0) is 59.8 Å². The lowest BCUT2D eigenvalue weighted by atomic mass is 10.1. The van der Waals surface area contributed by atoms with E-state index in [9.17, 15) is 4.79 Å². The van der Waals surface area contributed by atoms with Crippen molar-refractivity contribution in [3.8, 4) is 17.1 Å². The van der Waals surface area contributed by atoms with Crippen LogP contribution in [0.15, 0.2) is 42.5 Å². The summed E-state index contributed by atoms with van der Waals surface area (Å²) in [6.45, 7) is 2.05. The molecule has 0 atom stereocenters. The molecule has 0 aliphatic heterocycles. The number of benzene rings is 2. The Labute approximate surface area is 153 Å². The SMILES string of the molecule is CCOC(=O)c1nc(-c2cccc(I)c2)nc2ccc(OC)cc12. The van der Waals surface area contributed by atoms with E-state index in [0.29, 0.717) is 22.5 Å². The van der Waals surface area contributed by atoms with Crippen molar-refractivity contribution in [1.29, 1.82) is 0 Å². The second-order valence-electron chi connectivity index (χ2n) is 5.01. The van der Waals surface area contributed by atoms with Gasteiger partial charge < -0.3 is 9.47 Å². The van der Waals surface area contributed by atoms with Crippen molar-refractivity contribution in [2.45, 2.75) is 6.92 Å². The molecule has 6 heteroatoms. The van der Waals surface area contributed by atoms with Crippen molar-refractivity contribution in [3.05, 3.63) is 51.7 Å². The highest BCUT2D eigenvalue weighted by molar-refractivity contribution is 14.1. The van der Waals surface area contributed by atoms with Gasteiger partial charge in [0.2, 0.25) is 0 Å². The molecule has 5 nitrogen and oxygen atoms in total. The number of ether oxygens (including phenoxy) is 2. The van der Waals surface area contributed by atoms with Gasteiger partial charge in [-0.15, -0.1) is 0 Å². The quantitative estimate of drug-likeness (QED) is 0.458. The molecule has 2 aromatic carbocycles. The molecule has 0 fully saturated rings. The van der Waals surface area contributed by atoms with Crippen LogP contribution in [0.3, 0.4) is 0 Å². The third-order valence-electron chi connectivity index (χ3n) is 3.45. The molecule has 0 unspecified atom stereocenters. The molecule has 0 N–H and O–H groups in total. The van der Waals surface area contributed by atoms with Crippen molar-refractivity contribution in [2.75, 3.05) is 13.7 Å². The van der Waals surface area contributed by atoms with Crippen molar-refractivity contribution in [2.24, 2.45) is 0 Å². The smallest absolute Gasteiger partial charge is 0.357 e. The van der Waals surface area contributed by atoms with Gasteiger partial charge in [0.15, 0.2) is 11.5 Å². The van der Waals surface area contributed by atoms with E-state index in [1.807, 2.05) is 36.4 Å². The first-order valence-corrected chi connectivity index (χ1v) is 8.49. The first kappa shape index (κ1) is 16.6. The molecule has 0 aliphatic carbocycles. The number of nitrogens with zero attached hydrogens (tertiary/aromatic N) is 2. The zero-order chi connectivity index (χ0) is 17.1. The first-order chi connectivity index (χ1) is 11.6. The van der Waals surface area contributed by atoms with E-state index in [1.54, 1.807) is 20.1 Å². The van der Waals surface area contributed by atoms with E-state index in [-0.39, 0.29) is 12.3 Å². The third kappa shape index (κ3) is 3.33. The Morgan fingerprint density at radius 2 is 2.00 bits per heavy atom. The van der Waals surface area contributed by atoms with Crippen LogP contribution < -0.4 is 4.74 Å². The number of methoxy groups -OCH3 is 1. The van der Waals surface area contributed by atoms with E-state index in [0.717, 1.165) is 9.13 Å². The first-order valence-electron chi connectivity index (χ1n) is 7.41. The number of fused-ring (bicyclic) bond motifs is 1. The number of carbonyl (C=O) groups is 1. The zero-order valence-electron chi connectivity index (χ0n) is 13.2. The van der Waals surface area contributed by atoms with Gasteiger partial charge >= 0.3 is 5.97 Å². The monoisotopic (exact) mass is 434 g/mol. The van der Waals surface area contributed by atoms with Crippen molar-refractivity contribution in [3.63, 3.8) is 0 Å². The summed E-state index contributed by atoms with van der Waals surface area (Å²) >= 11 is 2.23. The fourth-order valence-corrected chi connectivity index (χ4v) is 2.89. The van der Waals surface area contributed by atoms with E-state index in [2.05, 4.69) is 32.6 Å². The Morgan fingerprint density at radius 3 is 2.71 bits per heavy atom. The number of esters is 1. The van der Waals surface area contributed by atoms with Crippen molar-refractivity contribution >= 4 is 39.5 Å². The van der Waals surface area contributed by atoms with E-state index < -0.39 is 5.97 Å². The highest BCUT2D eigenvalue weighted by Crippen LogP contribution is 2.26. The molecule has 0 saturated carbocycles. The minimum atomic E-state index is -0.468. The van der Waals surface area contributed by atoms with Gasteiger partial charge in [0.25, 0.3) is 0 Å². The molecule has 122 valence electrons. The average Bonchev–Trinajstić information content (AvgIpc) is 2.60. The zero-order valence-corrected chi connectivity index (χ0v) is 15.4. The second-order valence-corrected chi connectivity index (χ2v) is 6.26. The molecular weight excluding hydrogens is 419 g/mol.